The van der Waals surface area contributed by atoms with Crippen LogP contribution in [0.15, 0.2) is 24.3 Å². The fourth-order valence-corrected chi connectivity index (χ4v) is 4.51. The van der Waals surface area contributed by atoms with Crippen LogP contribution in [0.2, 0.25) is 5.02 Å². The molecule has 1 aliphatic carbocycles. The highest BCUT2D eigenvalue weighted by atomic mass is 35.5. The number of anilines is 1. The number of hydrogen-bond acceptors (Lipinski definition) is 4. The summed E-state index contributed by atoms with van der Waals surface area (Å²) in [5.41, 5.74) is 0.866. The summed E-state index contributed by atoms with van der Waals surface area (Å²) >= 11 is 6.00. The third-order valence-electron chi connectivity index (χ3n) is 6.42. The predicted octanol–water partition coefficient (Wildman–Crippen LogP) is 3.40. The molecule has 3 amide bonds. The zero-order valence-corrected chi connectivity index (χ0v) is 18.4. The summed E-state index contributed by atoms with van der Waals surface area (Å²) in [6.07, 6.45) is 4.82. The molecule has 0 aromatic heterocycles. The van der Waals surface area contributed by atoms with Crippen LogP contribution in [-0.2, 0) is 9.53 Å². The van der Waals surface area contributed by atoms with Gasteiger partial charge < -0.3 is 19.9 Å². The lowest BCUT2D eigenvalue weighted by Gasteiger charge is -2.33. The fourth-order valence-electron chi connectivity index (χ4n) is 4.32. The Bertz CT molecular complexity index is 775. The van der Waals surface area contributed by atoms with E-state index in [1.54, 1.807) is 29.2 Å². The topological polar surface area (TPSA) is 65.1 Å². The van der Waals surface area contributed by atoms with Gasteiger partial charge in [-0.2, -0.15) is 0 Å². The van der Waals surface area contributed by atoms with E-state index in [2.05, 4.69) is 10.2 Å². The Hall–Kier alpha value is -1.83. The highest BCUT2D eigenvalue weighted by Gasteiger charge is 2.46. The van der Waals surface area contributed by atoms with Crippen molar-refractivity contribution in [2.45, 2.75) is 50.7 Å². The minimum absolute atomic E-state index is 0.0521. The number of halogens is 1. The molecule has 3 aliphatic rings. The Morgan fingerprint density at radius 2 is 2.10 bits per heavy atom. The van der Waals surface area contributed by atoms with E-state index >= 15 is 0 Å². The first-order valence-electron chi connectivity index (χ1n) is 10.9. The van der Waals surface area contributed by atoms with E-state index in [0.29, 0.717) is 43.5 Å². The van der Waals surface area contributed by atoms with Crippen molar-refractivity contribution in [3.63, 3.8) is 0 Å². The molecule has 4 rings (SSSR count). The summed E-state index contributed by atoms with van der Waals surface area (Å²) in [5.74, 6) is 0.117. The molecular weight excluding hydrogens is 404 g/mol. The number of rotatable bonds is 5. The number of benzene rings is 1. The smallest absolute Gasteiger partial charge is 0.322 e. The predicted molar refractivity (Wildman–Crippen MR) is 117 cm³/mol. The Kier molecular flexibility index (Phi) is 6.51. The molecule has 2 heterocycles. The maximum atomic E-state index is 12.8. The Labute approximate surface area is 183 Å². The van der Waals surface area contributed by atoms with Crippen LogP contribution in [0, 0.1) is 0 Å². The molecule has 1 aromatic rings. The van der Waals surface area contributed by atoms with Crippen LogP contribution >= 0.6 is 11.6 Å². The van der Waals surface area contributed by atoms with E-state index in [0.717, 1.165) is 25.9 Å². The van der Waals surface area contributed by atoms with Gasteiger partial charge in [0.2, 0.25) is 5.91 Å². The second kappa shape index (κ2) is 9.12. The second-order valence-corrected chi connectivity index (χ2v) is 9.19. The second-order valence-electron chi connectivity index (χ2n) is 8.75. The summed E-state index contributed by atoms with van der Waals surface area (Å²) in [5, 5.41) is 3.46. The van der Waals surface area contributed by atoms with Gasteiger partial charge in [0.1, 0.15) is 0 Å². The lowest BCUT2D eigenvalue weighted by molar-refractivity contribution is -0.130. The van der Waals surface area contributed by atoms with E-state index in [9.17, 15) is 9.59 Å². The molecule has 0 radical (unpaired) electrons. The van der Waals surface area contributed by atoms with Gasteiger partial charge in [0.15, 0.2) is 0 Å². The summed E-state index contributed by atoms with van der Waals surface area (Å²) in [4.78, 5) is 31.4. The van der Waals surface area contributed by atoms with Crippen molar-refractivity contribution in [3.8, 4) is 0 Å². The van der Waals surface area contributed by atoms with Crippen LogP contribution in [0.5, 0.6) is 0 Å². The number of ether oxygens (including phenoxy) is 1. The molecule has 7 nitrogen and oxygen atoms in total. The van der Waals surface area contributed by atoms with E-state index in [1.807, 2.05) is 11.8 Å². The van der Waals surface area contributed by atoms with Crippen molar-refractivity contribution in [2.24, 2.45) is 0 Å². The Morgan fingerprint density at radius 3 is 2.80 bits per heavy atom. The Morgan fingerprint density at radius 1 is 1.27 bits per heavy atom. The van der Waals surface area contributed by atoms with Crippen molar-refractivity contribution < 1.29 is 14.3 Å². The third-order valence-corrected chi connectivity index (χ3v) is 6.65. The number of nitrogens with one attached hydrogen (secondary N) is 1. The fraction of sp³-hybridized carbons (Fsp3) is 0.636. The average molecular weight is 435 g/mol. The van der Waals surface area contributed by atoms with Crippen molar-refractivity contribution in [1.82, 2.24) is 14.7 Å². The van der Waals surface area contributed by atoms with Gasteiger partial charge in [-0.05, 0) is 50.8 Å². The van der Waals surface area contributed by atoms with Gasteiger partial charge in [0, 0.05) is 55.9 Å². The molecule has 1 atom stereocenters. The monoisotopic (exact) mass is 434 g/mol. The Balaban J connectivity index is 1.25. The first-order valence-corrected chi connectivity index (χ1v) is 11.3. The third kappa shape index (κ3) is 5.25. The van der Waals surface area contributed by atoms with Crippen LogP contribution in [0.4, 0.5) is 10.5 Å². The van der Waals surface area contributed by atoms with E-state index < -0.39 is 0 Å². The highest BCUT2D eigenvalue weighted by Crippen LogP contribution is 2.44. The molecule has 30 heavy (non-hydrogen) atoms. The molecule has 1 spiro atoms. The number of amides is 3. The van der Waals surface area contributed by atoms with E-state index in [4.69, 9.17) is 16.3 Å². The number of carbonyl (C=O) groups excluding carboxylic acids is 2. The molecule has 0 bridgehead atoms. The average Bonchev–Trinajstić information content (AvgIpc) is 3.49. The lowest BCUT2D eigenvalue weighted by atomic mass is 10.2. The lowest BCUT2D eigenvalue weighted by Crippen LogP contribution is -2.45. The number of carbonyl (C=O) groups is 2. The van der Waals surface area contributed by atoms with Gasteiger partial charge >= 0.3 is 6.03 Å². The SMILES string of the molecule is C[C@@H]1CN(CCCN2CCC3(CC3)OC2)C(=O)CCN1C(=O)Nc1cccc(Cl)c1. The van der Waals surface area contributed by atoms with Crippen molar-refractivity contribution >= 4 is 29.2 Å². The summed E-state index contributed by atoms with van der Waals surface area (Å²) < 4.78 is 5.97. The highest BCUT2D eigenvalue weighted by molar-refractivity contribution is 6.30. The first-order chi connectivity index (χ1) is 14.4. The minimum Gasteiger partial charge on any atom is -0.360 e. The first kappa shape index (κ1) is 21.4. The summed E-state index contributed by atoms with van der Waals surface area (Å²) in [6, 6.07) is 6.84. The van der Waals surface area contributed by atoms with Crippen LogP contribution in [0.25, 0.3) is 0 Å². The normalized spacial score (nSPS) is 24.1. The number of hydrogen-bond donors (Lipinski definition) is 1. The van der Waals surface area contributed by atoms with Gasteiger partial charge in [-0.1, -0.05) is 17.7 Å². The number of urea groups is 1. The van der Waals surface area contributed by atoms with Crippen LogP contribution in [0.1, 0.15) is 39.0 Å². The molecule has 1 saturated carbocycles. The molecule has 8 heteroatoms. The van der Waals surface area contributed by atoms with E-state index in [1.165, 1.54) is 12.8 Å². The van der Waals surface area contributed by atoms with Crippen LogP contribution in [0.3, 0.4) is 0 Å². The zero-order valence-electron chi connectivity index (χ0n) is 17.6. The van der Waals surface area contributed by atoms with Gasteiger partial charge in [-0.15, -0.1) is 0 Å². The standard InChI is InChI=1S/C22H31ClN4O3/c1-17-15-26(11-3-10-25-13-9-22(7-8-22)30-16-25)20(28)6-12-27(17)21(29)24-19-5-2-4-18(23)14-19/h2,4-5,14,17H,3,6-13,15-16H2,1H3,(H,24,29)/t17-/m1/s1. The number of nitrogens with zero attached hydrogens (tertiary/aromatic N) is 3. The summed E-state index contributed by atoms with van der Waals surface area (Å²) in [6.45, 7) is 6.43. The largest absolute Gasteiger partial charge is 0.360 e. The van der Waals surface area contributed by atoms with Gasteiger partial charge in [-0.3, -0.25) is 9.69 Å². The van der Waals surface area contributed by atoms with Crippen molar-refractivity contribution in [3.05, 3.63) is 29.3 Å². The summed E-state index contributed by atoms with van der Waals surface area (Å²) in [7, 11) is 0. The van der Waals surface area contributed by atoms with Gasteiger partial charge in [0.25, 0.3) is 0 Å². The molecule has 1 N–H and O–H groups in total. The molecular formula is C22H31ClN4O3. The molecule has 164 valence electrons. The van der Waals surface area contributed by atoms with Crippen molar-refractivity contribution in [1.29, 1.82) is 0 Å². The molecule has 1 aromatic carbocycles. The van der Waals surface area contributed by atoms with Gasteiger partial charge in [0.05, 0.1) is 12.3 Å². The molecule has 3 fully saturated rings. The van der Waals surface area contributed by atoms with Crippen LogP contribution < -0.4 is 5.32 Å². The van der Waals surface area contributed by atoms with E-state index in [-0.39, 0.29) is 23.6 Å². The van der Waals surface area contributed by atoms with Crippen LogP contribution in [-0.4, -0.2) is 77.7 Å². The minimum atomic E-state index is -0.195. The molecule has 2 aliphatic heterocycles. The maximum Gasteiger partial charge on any atom is 0.322 e. The molecule has 2 saturated heterocycles. The maximum absolute atomic E-state index is 12.8. The zero-order chi connectivity index (χ0) is 21.1. The quantitative estimate of drug-likeness (QED) is 0.771. The van der Waals surface area contributed by atoms with Gasteiger partial charge in [-0.25, -0.2) is 4.79 Å². The molecule has 0 unspecified atom stereocenters. The van der Waals surface area contributed by atoms with Crippen molar-refractivity contribution in [2.75, 3.05) is 44.8 Å².